The molecule has 2 aromatic rings. The van der Waals surface area contributed by atoms with E-state index in [9.17, 15) is 4.79 Å². The van der Waals surface area contributed by atoms with E-state index in [1.54, 1.807) is 24.3 Å². The SMILES string of the molecule is NC1=NC(c2ccc(Cl)cc2)C(C(=O)c2ccccc2)N1. The number of halogens is 1. The van der Waals surface area contributed by atoms with Gasteiger partial charge in [-0.1, -0.05) is 54.1 Å². The summed E-state index contributed by atoms with van der Waals surface area (Å²) in [6.07, 6.45) is 0. The van der Waals surface area contributed by atoms with E-state index in [4.69, 9.17) is 17.3 Å². The first-order valence-electron chi connectivity index (χ1n) is 6.59. The Morgan fingerprint density at radius 1 is 1.10 bits per heavy atom. The molecule has 0 bridgehead atoms. The van der Waals surface area contributed by atoms with Gasteiger partial charge < -0.3 is 11.1 Å². The number of benzene rings is 2. The van der Waals surface area contributed by atoms with Crippen molar-refractivity contribution in [3.05, 3.63) is 70.7 Å². The third-order valence-electron chi connectivity index (χ3n) is 3.45. The molecule has 0 radical (unpaired) electrons. The van der Waals surface area contributed by atoms with Crippen molar-refractivity contribution in [1.29, 1.82) is 0 Å². The summed E-state index contributed by atoms with van der Waals surface area (Å²) < 4.78 is 0. The summed E-state index contributed by atoms with van der Waals surface area (Å²) in [4.78, 5) is 17.0. The lowest BCUT2D eigenvalue weighted by molar-refractivity contribution is 0.0945. The molecule has 0 aromatic heterocycles. The van der Waals surface area contributed by atoms with Gasteiger partial charge >= 0.3 is 0 Å². The number of nitrogens with two attached hydrogens (primary N) is 1. The fourth-order valence-corrected chi connectivity index (χ4v) is 2.54. The summed E-state index contributed by atoms with van der Waals surface area (Å²) in [6.45, 7) is 0. The van der Waals surface area contributed by atoms with Gasteiger partial charge in [-0.25, -0.2) is 4.99 Å². The van der Waals surface area contributed by atoms with Gasteiger partial charge in [0.05, 0.1) is 0 Å². The lowest BCUT2D eigenvalue weighted by Crippen LogP contribution is -2.41. The van der Waals surface area contributed by atoms with E-state index in [2.05, 4.69) is 10.3 Å². The first kappa shape index (κ1) is 13.6. The molecule has 21 heavy (non-hydrogen) atoms. The van der Waals surface area contributed by atoms with Gasteiger partial charge in [0.15, 0.2) is 11.7 Å². The molecule has 2 aromatic carbocycles. The number of nitrogens with zero attached hydrogens (tertiary/aromatic N) is 1. The lowest BCUT2D eigenvalue weighted by Gasteiger charge is -2.17. The summed E-state index contributed by atoms with van der Waals surface area (Å²) in [5.41, 5.74) is 7.30. The number of carbonyl (C=O) groups excluding carboxylic acids is 1. The average molecular weight is 300 g/mol. The minimum absolute atomic E-state index is 0.0280. The number of guanidine groups is 1. The van der Waals surface area contributed by atoms with Gasteiger partial charge in [-0.3, -0.25) is 4.79 Å². The molecule has 106 valence electrons. The summed E-state index contributed by atoms with van der Waals surface area (Å²) in [5, 5.41) is 3.61. The second-order valence-corrected chi connectivity index (χ2v) is 5.30. The normalized spacial score (nSPS) is 20.7. The fourth-order valence-electron chi connectivity index (χ4n) is 2.42. The van der Waals surface area contributed by atoms with Crippen LogP contribution in [0.2, 0.25) is 5.02 Å². The molecule has 3 rings (SSSR count). The molecule has 4 nitrogen and oxygen atoms in total. The lowest BCUT2D eigenvalue weighted by atomic mass is 9.94. The van der Waals surface area contributed by atoms with E-state index in [0.717, 1.165) is 5.56 Å². The summed E-state index contributed by atoms with van der Waals surface area (Å²) in [7, 11) is 0. The third kappa shape index (κ3) is 2.76. The van der Waals surface area contributed by atoms with E-state index >= 15 is 0 Å². The van der Waals surface area contributed by atoms with Gasteiger partial charge in [-0.05, 0) is 17.7 Å². The number of ketones is 1. The molecule has 2 unspecified atom stereocenters. The highest BCUT2D eigenvalue weighted by atomic mass is 35.5. The van der Waals surface area contributed by atoms with Crippen molar-refractivity contribution in [2.45, 2.75) is 12.1 Å². The van der Waals surface area contributed by atoms with Crippen LogP contribution >= 0.6 is 11.6 Å². The van der Waals surface area contributed by atoms with E-state index in [0.29, 0.717) is 10.6 Å². The van der Waals surface area contributed by atoms with Gasteiger partial charge in [0.1, 0.15) is 12.1 Å². The Morgan fingerprint density at radius 2 is 1.76 bits per heavy atom. The van der Waals surface area contributed by atoms with Crippen molar-refractivity contribution in [2.24, 2.45) is 10.7 Å². The fraction of sp³-hybridized carbons (Fsp3) is 0.125. The molecule has 1 heterocycles. The van der Waals surface area contributed by atoms with Gasteiger partial charge in [-0.15, -0.1) is 0 Å². The molecular formula is C16H14ClN3O. The Balaban J connectivity index is 1.91. The Bertz CT molecular complexity index is 682. The van der Waals surface area contributed by atoms with Crippen LogP contribution in [0, 0.1) is 0 Å². The molecule has 0 saturated heterocycles. The maximum absolute atomic E-state index is 12.6. The highest BCUT2D eigenvalue weighted by Gasteiger charge is 2.34. The zero-order valence-electron chi connectivity index (χ0n) is 11.2. The summed E-state index contributed by atoms with van der Waals surface area (Å²) in [6, 6.07) is 15.6. The number of nitrogens with one attached hydrogen (secondary N) is 1. The van der Waals surface area contributed by atoms with Crippen molar-refractivity contribution in [3.8, 4) is 0 Å². The van der Waals surface area contributed by atoms with E-state index in [1.807, 2.05) is 30.3 Å². The van der Waals surface area contributed by atoms with E-state index in [1.165, 1.54) is 0 Å². The van der Waals surface area contributed by atoms with Crippen molar-refractivity contribution in [2.75, 3.05) is 0 Å². The van der Waals surface area contributed by atoms with Crippen LogP contribution in [0.15, 0.2) is 59.6 Å². The Hall–Kier alpha value is -2.33. The summed E-state index contributed by atoms with van der Waals surface area (Å²) >= 11 is 5.90. The Labute approximate surface area is 127 Å². The zero-order chi connectivity index (χ0) is 14.8. The Kier molecular flexibility index (Phi) is 3.62. The van der Waals surface area contributed by atoms with Crippen LogP contribution in [0.3, 0.4) is 0 Å². The predicted octanol–water partition coefficient (Wildman–Crippen LogP) is 2.55. The van der Waals surface area contributed by atoms with Crippen LogP contribution in [0.1, 0.15) is 22.0 Å². The number of Topliss-reactive ketones (excluding diaryl/α,β-unsaturated/α-hetero) is 1. The first-order valence-corrected chi connectivity index (χ1v) is 6.97. The predicted molar refractivity (Wildman–Crippen MR) is 83.5 cm³/mol. The van der Waals surface area contributed by atoms with Gasteiger partial charge in [-0.2, -0.15) is 0 Å². The van der Waals surface area contributed by atoms with E-state index in [-0.39, 0.29) is 17.8 Å². The Morgan fingerprint density at radius 3 is 2.43 bits per heavy atom. The second kappa shape index (κ2) is 5.58. The van der Waals surface area contributed by atoms with E-state index < -0.39 is 6.04 Å². The molecule has 3 N–H and O–H groups in total. The molecule has 0 amide bonds. The van der Waals surface area contributed by atoms with Crippen molar-refractivity contribution in [1.82, 2.24) is 5.32 Å². The average Bonchev–Trinajstić information content (AvgIpc) is 2.90. The maximum atomic E-state index is 12.6. The quantitative estimate of drug-likeness (QED) is 0.856. The first-order chi connectivity index (χ1) is 10.1. The van der Waals surface area contributed by atoms with Crippen LogP contribution in [0.5, 0.6) is 0 Å². The topological polar surface area (TPSA) is 67.5 Å². The smallest absolute Gasteiger partial charge is 0.189 e. The molecule has 0 spiro atoms. The highest BCUT2D eigenvalue weighted by molar-refractivity contribution is 6.30. The number of hydrogen-bond acceptors (Lipinski definition) is 4. The minimum atomic E-state index is -0.492. The molecule has 0 saturated carbocycles. The van der Waals surface area contributed by atoms with Gasteiger partial charge in [0, 0.05) is 10.6 Å². The van der Waals surface area contributed by atoms with Gasteiger partial charge in [0.25, 0.3) is 0 Å². The monoisotopic (exact) mass is 299 g/mol. The molecule has 2 atom stereocenters. The standard InChI is InChI=1S/C16H14ClN3O/c17-12-8-6-10(7-9-12)13-14(20-16(18)19-13)15(21)11-4-2-1-3-5-11/h1-9,13-14H,(H3,18,19,20). The van der Waals surface area contributed by atoms with Crippen LogP contribution in [-0.2, 0) is 0 Å². The molecule has 5 heteroatoms. The van der Waals surface area contributed by atoms with Crippen molar-refractivity contribution in [3.63, 3.8) is 0 Å². The molecule has 0 aliphatic carbocycles. The number of carbonyl (C=O) groups is 1. The number of hydrogen-bond donors (Lipinski definition) is 2. The zero-order valence-corrected chi connectivity index (χ0v) is 11.9. The van der Waals surface area contributed by atoms with Crippen LogP contribution in [0.25, 0.3) is 0 Å². The summed E-state index contributed by atoms with van der Waals surface area (Å²) in [5.74, 6) is 0.254. The highest BCUT2D eigenvalue weighted by Crippen LogP contribution is 2.28. The van der Waals surface area contributed by atoms with Crippen LogP contribution in [0.4, 0.5) is 0 Å². The maximum Gasteiger partial charge on any atom is 0.189 e. The second-order valence-electron chi connectivity index (χ2n) is 4.86. The molecule has 1 aliphatic rings. The molecular weight excluding hydrogens is 286 g/mol. The number of rotatable bonds is 3. The van der Waals surface area contributed by atoms with Crippen molar-refractivity contribution >= 4 is 23.3 Å². The third-order valence-corrected chi connectivity index (χ3v) is 3.70. The number of aliphatic imine (C=N–C) groups is 1. The minimum Gasteiger partial charge on any atom is -0.370 e. The van der Waals surface area contributed by atoms with Crippen LogP contribution in [-0.4, -0.2) is 17.8 Å². The van der Waals surface area contributed by atoms with Gasteiger partial charge in [0.2, 0.25) is 0 Å². The molecule has 0 fully saturated rings. The van der Waals surface area contributed by atoms with Crippen molar-refractivity contribution < 1.29 is 4.79 Å². The molecule has 1 aliphatic heterocycles. The largest absolute Gasteiger partial charge is 0.370 e. The van der Waals surface area contributed by atoms with Crippen LogP contribution < -0.4 is 11.1 Å².